The van der Waals surface area contributed by atoms with Crippen molar-refractivity contribution in [2.24, 2.45) is 17.3 Å². The van der Waals surface area contributed by atoms with Crippen LogP contribution >= 0.6 is 0 Å². The van der Waals surface area contributed by atoms with Gasteiger partial charge < -0.3 is 4.74 Å². The third kappa shape index (κ3) is 5.52. The molecule has 1 unspecified atom stereocenters. The van der Waals surface area contributed by atoms with Gasteiger partial charge in [0.05, 0.1) is 5.92 Å². The molecule has 2 nitrogen and oxygen atoms in total. The highest BCUT2D eigenvalue weighted by Crippen LogP contribution is 2.42. The quantitative estimate of drug-likeness (QED) is 0.510. The van der Waals surface area contributed by atoms with Gasteiger partial charge in [0, 0.05) is 11.0 Å². The predicted molar refractivity (Wildman–Crippen MR) is 96.2 cm³/mol. The summed E-state index contributed by atoms with van der Waals surface area (Å²) in [6.07, 6.45) is 9.64. The van der Waals surface area contributed by atoms with Crippen LogP contribution in [0.3, 0.4) is 0 Å². The van der Waals surface area contributed by atoms with E-state index in [-0.39, 0.29) is 5.76 Å². The van der Waals surface area contributed by atoms with Crippen LogP contribution in [0.2, 0.25) is 0 Å². The Morgan fingerprint density at radius 1 is 1.24 bits per heavy atom. The Labute approximate surface area is 150 Å². The first-order chi connectivity index (χ1) is 11.8. The number of rotatable bonds is 7. The van der Waals surface area contributed by atoms with Crippen LogP contribution in [0, 0.1) is 17.3 Å². The first-order valence-electron chi connectivity index (χ1n) is 9.44. The molecule has 1 saturated carbocycles. The maximum atomic E-state index is 14.7. The number of hydrogen-bond donors (Lipinski definition) is 0. The summed E-state index contributed by atoms with van der Waals surface area (Å²) < 4.78 is 34.5. The predicted octanol–water partition coefficient (Wildman–Crippen LogP) is 6.20. The molecule has 1 fully saturated rings. The molecule has 0 aliphatic heterocycles. The Bertz CT molecular complexity index is 554. The minimum atomic E-state index is -3.17. The number of unbranched alkanes of at least 4 members (excludes halogenated alkanes) is 1. The summed E-state index contributed by atoms with van der Waals surface area (Å²) in [4.78, 5) is 11.2. The van der Waals surface area contributed by atoms with Crippen LogP contribution in [0.1, 0.15) is 65.7 Å². The van der Waals surface area contributed by atoms with Gasteiger partial charge >= 0.3 is 6.11 Å². The minimum absolute atomic E-state index is 0.162. The third-order valence-electron chi connectivity index (χ3n) is 5.36. The van der Waals surface area contributed by atoms with Crippen molar-refractivity contribution >= 4 is 6.29 Å². The van der Waals surface area contributed by atoms with Gasteiger partial charge in [0.2, 0.25) is 0 Å². The normalized spacial score (nSPS) is 30.3. The molecule has 25 heavy (non-hydrogen) atoms. The highest BCUT2D eigenvalue weighted by molar-refractivity contribution is 5.78. The Morgan fingerprint density at radius 3 is 2.52 bits per heavy atom. The molecule has 4 heteroatoms. The fraction of sp³-hybridized carbons (Fsp3) is 0.667. The zero-order valence-corrected chi connectivity index (χ0v) is 15.6. The molecule has 2 aliphatic rings. The summed E-state index contributed by atoms with van der Waals surface area (Å²) in [5.41, 5.74) is 0.0469. The van der Waals surface area contributed by atoms with Crippen LogP contribution in [0.5, 0.6) is 0 Å². The number of allylic oxidation sites excluding steroid dienone is 5. The van der Waals surface area contributed by atoms with Gasteiger partial charge in [0.1, 0.15) is 12.0 Å². The van der Waals surface area contributed by atoms with Crippen molar-refractivity contribution in [3.63, 3.8) is 0 Å². The van der Waals surface area contributed by atoms with Gasteiger partial charge in [0.15, 0.2) is 0 Å². The lowest BCUT2D eigenvalue weighted by Gasteiger charge is -2.32. The molecule has 2 rings (SSSR count). The van der Waals surface area contributed by atoms with E-state index in [4.69, 9.17) is 4.74 Å². The summed E-state index contributed by atoms with van der Waals surface area (Å²) in [5.74, 6) is -0.0577. The average Bonchev–Trinajstić information content (AvgIpc) is 2.72. The Kier molecular flexibility index (Phi) is 6.59. The summed E-state index contributed by atoms with van der Waals surface area (Å²) >= 11 is 0. The van der Waals surface area contributed by atoms with E-state index in [1.165, 1.54) is 6.08 Å². The number of carbonyl (C=O) groups excluding carboxylic acids is 1. The van der Waals surface area contributed by atoms with Crippen LogP contribution in [-0.2, 0) is 9.53 Å². The fourth-order valence-corrected chi connectivity index (χ4v) is 3.70. The molecular formula is C21H30F2O2. The largest absolute Gasteiger partial charge is 0.433 e. The number of halogens is 2. The van der Waals surface area contributed by atoms with E-state index in [0.29, 0.717) is 24.3 Å². The summed E-state index contributed by atoms with van der Waals surface area (Å²) in [6.45, 7) is 6.16. The number of ether oxygens (including phenoxy) is 1. The molecule has 0 amide bonds. The summed E-state index contributed by atoms with van der Waals surface area (Å²) in [5, 5.41) is 0. The van der Waals surface area contributed by atoms with Crippen molar-refractivity contribution in [2.45, 2.75) is 71.8 Å². The molecule has 0 aromatic heterocycles. The van der Waals surface area contributed by atoms with Gasteiger partial charge in [-0.25, -0.2) is 0 Å². The smallest absolute Gasteiger partial charge is 0.400 e. The SMILES string of the molecule is CCCCC1(C)C=C(C=O)C=CC(OC(F)(F)C2CCC(C)CC2)=C1. The molecular weight excluding hydrogens is 322 g/mol. The van der Waals surface area contributed by atoms with Crippen molar-refractivity contribution in [3.05, 3.63) is 35.6 Å². The molecule has 140 valence electrons. The third-order valence-corrected chi connectivity index (χ3v) is 5.36. The standard InChI is InChI=1S/C21H30F2O2/c1-4-5-12-20(3)13-17(15-24)8-11-19(14-20)25-21(22,23)18-9-6-16(2)7-10-18/h8,11,13-16,18H,4-7,9-10,12H2,1-3H3. The van der Waals surface area contributed by atoms with Crippen LogP contribution in [0.15, 0.2) is 35.6 Å². The van der Waals surface area contributed by atoms with Crippen molar-refractivity contribution in [1.82, 2.24) is 0 Å². The molecule has 2 aliphatic carbocycles. The molecule has 0 aromatic rings. The topological polar surface area (TPSA) is 26.3 Å². The lowest BCUT2D eigenvalue weighted by Crippen LogP contribution is -2.34. The van der Waals surface area contributed by atoms with Crippen molar-refractivity contribution in [3.8, 4) is 0 Å². The first-order valence-corrected chi connectivity index (χ1v) is 9.44. The Morgan fingerprint density at radius 2 is 1.92 bits per heavy atom. The molecule has 0 spiro atoms. The Hall–Kier alpha value is -1.45. The minimum Gasteiger partial charge on any atom is -0.433 e. The van der Waals surface area contributed by atoms with Crippen LogP contribution < -0.4 is 0 Å². The number of hydrogen-bond acceptors (Lipinski definition) is 2. The van der Waals surface area contributed by atoms with E-state index in [0.717, 1.165) is 38.4 Å². The fourth-order valence-electron chi connectivity index (χ4n) is 3.70. The number of aldehydes is 1. The van der Waals surface area contributed by atoms with Gasteiger partial charge in [-0.15, -0.1) is 0 Å². The molecule has 0 radical (unpaired) electrons. The zero-order chi connectivity index (χ0) is 18.5. The van der Waals surface area contributed by atoms with E-state index < -0.39 is 17.4 Å². The second-order valence-corrected chi connectivity index (χ2v) is 7.87. The lowest BCUT2D eigenvalue weighted by atomic mass is 9.82. The van der Waals surface area contributed by atoms with Gasteiger partial charge in [-0.05, 0) is 43.4 Å². The molecule has 0 N–H and O–H groups in total. The summed E-state index contributed by atoms with van der Waals surface area (Å²) in [7, 11) is 0. The van der Waals surface area contributed by atoms with Gasteiger partial charge in [0.25, 0.3) is 0 Å². The molecule has 0 saturated heterocycles. The zero-order valence-electron chi connectivity index (χ0n) is 15.6. The highest BCUT2D eigenvalue weighted by Gasteiger charge is 2.44. The van der Waals surface area contributed by atoms with E-state index in [1.807, 2.05) is 13.0 Å². The Balaban J connectivity index is 2.17. The number of carbonyl (C=O) groups is 1. The monoisotopic (exact) mass is 352 g/mol. The molecule has 0 heterocycles. The lowest BCUT2D eigenvalue weighted by molar-refractivity contribution is -0.254. The van der Waals surface area contributed by atoms with Crippen molar-refractivity contribution in [1.29, 1.82) is 0 Å². The molecule has 0 aromatic carbocycles. The summed E-state index contributed by atoms with van der Waals surface area (Å²) in [6, 6.07) is 0. The van der Waals surface area contributed by atoms with Gasteiger partial charge in [-0.3, -0.25) is 4.79 Å². The van der Waals surface area contributed by atoms with Crippen LogP contribution in [-0.4, -0.2) is 12.4 Å². The van der Waals surface area contributed by atoms with E-state index in [1.54, 1.807) is 12.2 Å². The number of alkyl halides is 2. The molecule has 1 atom stereocenters. The maximum Gasteiger partial charge on any atom is 0.400 e. The van der Waals surface area contributed by atoms with Gasteiger partial charge in [-0.2, -0.15) is 8.78 Å². The maximum absolute atomic E-state index is 14.7. The van der Waals surface area contributed by atoms with E-state index in [9.17, 15) is 13.6 Å². The van der Waals surface area contributed by atoms with Crippen LogP contribution in [0.4, 0.5) is 8.78 Å². The van der Waals surface area contributed by atoms with E-state index >= 15 is 0 Å². The second-order valence-electron chi connectivity index (χ2n) is 7.87. The van der Waals surface area contributed by atoms with Crippen LogP contribution in [0.25, 0.3) is 0 Å². The van der Waals surface area contributed by atoms with Crippen molar-refractivity contribution in [2.75, 3.05) is 0 Å². The average molecular weight is 352 g/mol. The van der Waals surface area contributed by atoms with Crippen molar-refractivity contribution < 1.29 is 18.3 Å². The molecule has 0 bridgehead atoms. The van der Waals surface area contributed by atoms with Gasteiger partial charge in [-0.1, -0.05) is 52.5 Å². The van der Waals surface area contributed by atoms with E-state index in [2.05, 4.69) is 13.8 Å². The highest BCUT2D eigenvalue weighted by atomic mass is 19.3. The first kappa shape index (κ1) is 19.9. The second kappa shape index (κ2) is 8.29.